The van der Waals surface area contributed by atoms with E-state index in [0.29, 0.717) is 19.4 Å². The van der Waals surface area contributed by atoms with Gasteiger partial charge < -0.3 is 5.32 Å². The Morgan fingerprint density at radius 1 is 1.38 bits per heavy atom. The zero-order chi connectivity index (χ0) is 15.4. The van der Waals surface area contributed by atoms with Gasteiger partial charge in [-0.2, -0.15) is 5.10 Å². The van der Waals surface area contributed by atoms with Crippen LogP contribution >= 0.6 is 0 Å². The van der Waals surface area contributed by atoms with Crippen molar-refractivity contribution in [3.8, 4) is 0 Å². The van der Waals surface area contributed by atoms with Gasteiger partial charge in [0.05, 0.1) is 12.1 Å². The number of hydrogen-bond donors (Lipinski definition) is 1. The number of aryl methyl sites for hydroxylation is 2. The van der Waals surface area contributed by atoms with Gasteiger partial charge in [-0.25, -0.2) is 4.39 Å². The minimum atomic E-state index is -0.250. The van der Waals surface area contributed by atoms with E-state index in [2.05, 4.69) is 10.4 Å². The zero-order valence-corrected chi connectivity index (χ0v) is 12.6. The number of hydrogen-bond acceptors (Lipinski definition) is 2. The third-order valence-corrected chi connectivity index (χ3v) is 3.62. The van der Waals surface area contributed by atoms with Crippen LogP contribution in [0.5, 0.6) is 0 Å². The van der Waals surface area contributed by atoms with Crippen LogP contribution in [0.25, 0.3) is 0 Å². The molecule has 0 bridgehead atoms. The molecular weight excluding hydrogens is 269 g/mol. The predicted octanol–water partition coefficient (Wildman–Crippen LogP) is 2.08. The Balaban J connectivity index is 1.85. The third-order valence-electron chi connectivity index (χ3n) is 3.62. The van der Waals surface area contributed by atoms with Gasteiger partial charge in [-0.05, 0) is 38.0 Å². The molecule has 1 N–H and O–H groups in total. The fourth-order valence-corrected chi connectivity index (χ4v) is 2.34. The average Bonchev–Trinajstić information content (AvgIpc) is 2.65. The molecule has 0 aliphatic heterocycles. The number of nitrogens with one attached hydrogen (secondary N) is 1. The summed E-state index contributed by atoms with van der Waals surface area (Å²) < 4.78 is 14.8. The van der Waals surface area contributed by atoms with Crippen molar-refractivity contribution in [2.24, 2.45) is 7.05 Å². The summed E-state index contributed by atoms with van der Waals surface area (Å²) >= 11 is 0. The SMILES string of the molecule is Cc1nn(C)c(C)c1CC(=O)NCCc1cccc(F)c1. The van der Waals surface area contributed by atoms with E-state index in [9.17, 15) is 9.18 Å². The second-order valence-electron chi connectivity index (χ2n) is 5.18. The molecule has 0 saturated carbocycles. The molecule has 1 aromatic carbocycles. The second kappa shape index (κ2) is 6.52. The predicted molar refractivity (Wildman–Crippen MR) is 79.5 cm³/mol. The maximum atomic E-state index is 13.0. The minimum Gasteiger partial charge on any atom is -0.355 e. The van der Waals surface area contributed by atoms with Crippen LogP contribution in [0.3, 0.4) is 0 Å². The molecule has 0 unspecified atom stereocenters. The maximum Gasteiger partial charge on any atom is 0.224 e. The van der Waals surface area contributed by atoms with E-state index in [1.807, 2.05) is 27.0 Å². The summed E-state index contributed by atoms with van der Waals surface area (Å²) in [7, 11) is 1.87. The summed E-state index contributed by atoms with van der Waals surface area (Å²) in [6.07, 6.45) is 0.948. The number of aromatic nitrogens is 2. The van der Waals surface area contributed by atoms with E-state index in [0.717, 1.165) is 22.5 Å². The van der Waals surface area contributed by atoms with Crippen LogP contribution in [-0.4, -0.2) is 22.2 Å². The summed E-state index contributed by atoms with van der Waals surface area (Å²) in [6.45, 7) is 4.36. The summed E-state index contributed by atoms with van der Waals surface area (Å²) in [5.41, 5.74) is 3.74. The molecule has 5 heteroatoms. The van der Waals surface area contributed by atoms with Gasteiger partial charge in [0.15, 0.2) is 0 Å². The van der Waals surface area contributed by atoms with E-state index in [-0.39, 0.29) is 11.7 Å². The molecule has 1 amide bonds. The first kappa shape index (κ1) is 15.2. The minimum absolute atomic E-state index is 0.0365. The molecule has 2 rings (SSSR count). The smallest absolute Gasteiger partial charge is 0.224 e. The summed E-state index contributed by atoms with van der Waals surface area (Å²) in [5.74, 6) is -0.286. The number of nitrogens with zero attached hydrogens (tertiary/aromatic N) is 2. The Morgan fingerprint density at radius 3 is 2.76 bits per heavy atom. The van der Waals surface area contributed by atoms with Crippen molar-refractivity contribution in [3.05, 3.63) is 52.6 Å². The standard InChI is InChI=1S/C16H20FN3O/c1-11-15(12(2)20(3)19-11)10-16(21)18-8-7-13-5-4-6-14(17)9-13/h4-6,9H,7-8,10H2,1-3H3,(H,18,21). The van der Waals surface area contributed by atoms with Gasteiger partial charge in [-0.1, -0.05) is 12.1 Å². The molecule has 0 fully saturated rings. The normalized spacial score (nSPS) is 10.7. The maximum absolute atomic E-state index is 13.0. The van der Waals surface area contributed by atoms with E-state index in [1.54, 1.807) is 10.7 Å². The molecule has 0 aliphatic rings. The monoisotopic (exact) mass is 289 g/mol. The average molecular weight is 289 g/mol. The van der Waals surface area contributed by atoms with Crippen LogP contribution in [0.4, 0.5) is 4.39 Å². The van der Waals surface area contributed by atoms with Gasteiger partial charge in [0.2, 0.25) is 5.91 Å². The lowest BCUT2D eigenvalue weighted by molar-refractivity contribution is -0.120. The molecule has 0 radical (unpaired) electrons. The first-order chi connectivity index (χ1) is 9.97. The molecule has 0 spiro atoms. The van der Waals surface area contributed by atoms with Crippen LogP contribution in [-0.2, 0) is 24.7 Å². The van der Waals surface area contributed by atoms with Gasteiger partial charge in [0.1, 0.15) is 5.82 Å². The van der Waals surface area contributed by atoms with Crippen LogP contribution in [0.1, 0.15) is 22.5 Å². The number of halogens is 1. The Bertz CT molecular complexity index is 649. The van der Waals surface area contributed by atoms with Crippen molar-refractivity contribution in [1.82, 2.24) is 15.1 Å². The number of carbonyl (C=O) groups is 1. The van der Waals surface area contributed by atoms with Crippen LogP contribution < -0.4 is 5.32 Å². The lowest BCUT2D eigenvalue weighted by Crippen LogP contribution is -2.27. The molecule has 112 valence electrons. The highest BCUT2D eigenvalue weighted by Gasteiger charge is 2.13. The summed E-state index contributed by atoms with van der Waals surface area (Å²) in [6, 6.07) is 6.43. The van der Waals surface area contributed by atoms with Crippen molar-refractivity contribution in [2.75, 3.05) is 6.54 Å². The van der Waals surface area contributed by atoms with Gasteiger partial charge in [-0.15, -0.1) is 0 Å². The third kappa shape index (κ3) is 3.90. The van der Waals surface area contributed by atoms with Crippen LogP contribution in [0, 0.1) is 19.7 Å². The topological polar surface area (TPSA) is 46.9 Å². The van der Waals surface area contributed by atoms with Crippen LogP contribution in [0.2, 0.25) is 0 Å². The summed E-state index contributed by atoms with van der Waals surface area (Å²) in [5, 5.41) is 7.16. The quantitative estimate of drug-likeness (QED) is 0.916. The molecule has 4 nitrogen and oxygen atoms in total. The largest absolute Gasteiger partial charge is 0.355 e. The Hall–Kier alpha value is -2.17. The molecule has 1 heterocycles. The first-order valence-electron chi connectivity index (χ1n) is 6.97. The second-order valence-corrected chi connectivity index (χ2v) is 5.18. The van der Waals surface area contributed by atoms with E-state index >= 15 is 0 Å². The highest BCUT2D eigenvalue weighted by molar-refractivity contribution is 5.79. The van der Waals surface area contributed by atoms with E-state index in [1.165, 1.54) is 12.1 Å². The molecule has 2 aromatic rings. The highest BCUT2D eigenvalue weighted by Crippen LogP contribution is 2.12. The molecule has 1 aromatic heterocycles. The van der Waals surface area contributed by atoms with Gasteiger partial charge >= 0.3 is 0 Å². The first-order valence-corrected chi connectivity index (χ1v) is 6.97. The zero-order valence-electron chi connectivity index (χ0n) is 12.6. The van der Waals surface area contributed by atoms with Crippen molar-refractivity contribution >= 4 is 5.91 Å². The Kier molecular flexibility index (Phi) is 4.73. The molecule has 0 atom stereocenters. The molecule has 21 heavy (non-hydrogen) atoms. The molecular formula is C16H20FN3O. The van der Waals surface area contributed by atoms with Crippen molar-refractivity contribution in [2.45, 2.75) is 26.7 Å². The van der Waals surface area contributed by atoms with Gasteiger partial charge in [0.25, 0.3) is 0 Å². The van der Waals surface area contributed by atoms with E-state index < -0.39 is 0 Å². The fourth-order valence-electron chi connectivity index (χ4n) is 2.34. The number of rotatable bonds is 5. The molecule has 0 saturated heterocycles. The van der Waals surface area contributed by atoms with Gasteiger partial charge in [-0.3, -0.25) is 9.48 Å². The van der Waals surface area contributed by atoms with Crippen LogP contribution in [0.15, 0.2) is 24.3 Å². The number of amides is 1. The fraction of sp³-hybridized carbons (Fsp3) is 0.375. The Labute approximate surface area is 124 Å². The number of benzene rings is 1. The Morgan fingerprint density at radius 2 is 2.14 bits per heavy atom. The highest BCUT2D eigenvalue weighted by atomic mass is 19.1. The van der Waals surface area contributed by atoms with Crippen molar-refractivity contribution in [1.29, 1.82) is 0 Å². The lowest BCUT2D eigenvalue weighted by Gasteiger charge is -2.06. The van der Waals surface area contributed by atoms with Gasteiger partial charge in [0, 0.05) is 24.8 Å². The van der Waals surface area contributed by atoms with E-state index in [4.69, 9.17) is 0 Å². The van der Waals surface area contributed by atoms with Crippen molar-refractivity contribution in [3.63, 3.8) is 0 Å². The lowest BCUT2D eigenvalue weighted by atomic mass is 10.1. The number of carbonyl (C=O) groups excluding carboxylic acids is 1. The van der Waals surface area contributed by atoms with Crippen molar-refractivity contribution < 1.29 is 9.18 Å². The summed E-state index contributed by atoms with van der Waals surface area (Å²) in [4.78, 5) is 12.0. The molecule has 0 aliphatic carbocycles.